The molecule has 1 atom stereocenters. The van der Waals surface area contributed by atoms with E-state index in [2.05, 4.69) is 32.1 Å². The minimum absolute atomic E-state index is 0.266. The molecule has 5 aromatic rings. The molecule has 2 aromatic carbocycles. The molecule has 0 aliphatic carbocycles. The van der Waals surface area contributed by atoms with Crippen molar-refractivity contribution in [3.05, 3.63) is 82.3 Å². The fourth-order valence-corrected chi connectivity index (χ4v) is 7.09. The number of fused-ring (bicyclic) bond motifs is 3. The normalized spacial score (nSPS) is 15.2. The van der Waals surface area contributed by atoms with Gasteiger partial charge in [0.05, 0.1) is 23.8 Å². The number of aryl methyl sites for hydroxylation is 4. The molecule has 0 spiro atoms. The fraction of sp³-hybridized carbons (Fsp3) is 0.378. The van der Waals surface area contributed by atoms with Crippen LogP contribution in [0.3, 0.4) is 0 Å². The van der Waals surface area contributed by atoms with Crippen LogP contribution in [-0.4, -0.2) is 54.6 Å². The summed E-state index contributed by atoms with van der Waals surface area (Å²) in [6.45, 7) is 11.1. The van der Waals surface area contributed by atoms with Crippen LogP contribution in [0, 0.1) is 19.7 Å². The van der Waals surface area contributed by atoms with Crippen molar-refractivity contribution in [3.8, 4) is 28.0 Å². The van der Waals surface area contributed by atoms with Crippen LogP contribution in [0.15, 0.2) is 42.9 Å². The van der Waals surface area contributed by atoms with Crippen LogP contribution in [0.5, 0.6) is 5.75 Å². The maximum Gasteiger partial charge on any atom is 0.337 e. The topological polar surface area (TPSA) is 115 Å². The summed E-state index contributed by atoms with van der Waals surface area (Å²) in [4.78, 5) is 29.0. The van der Waals surface area contributed by atoms with Crippen LogP contribution in [0.2, 0.25) is 0 Å². The molecule has 1 N–H and O–H groups in total. The minimum atomic E-state index is -1.33. The molecule has 10 nitrogen and oxygen atoms in total. The molecule has 48 heavy (non-hydrogen) atoms. The third-order valence-electron chi connectivity index (χ3n) is 9.13. The van der Waals surface area contributed by atoms with Crippen molar-refractivity contribution in [2.24, 2.45) is 7.05 Å². The molecule has 2 aliphatic heterocycles. The molecule has 0 radical (unpaired) electrons. The number of anilines is 1. The summed E-state index contributed by atoms with van der Waals surface area (Å²) in [5.74, 6) is -0.481. The monoisotopic (exact) mass is 650 g/mol. The zero-order valence-corrected chi connectivity index (χ0v) is 28.1. The van der Waals surface area contributed by atoms with Gasteiger partial charge in [0.2, 0.25) is 0 Å². The summed E-state index contributed by atoms with van der Waals surface area (Å²) in [5, 5.41) is 15.8. The standard InChI is InChI=1S/C37H39FN6O4/c1-20-29(23-9-10-25-18-44(12-11-22(25)14-23)35-27-17-41-43(6)34(27)39-19-40-35)31(26-15-24-8-7-13-47-32(24)28(38)16-26)30(21(2)42-20)33(36(45)46)48-37(3,4)5/h9-10,14-17,19,33H,7-8,11-13,18H2,1-6H3,(H,45,46)/t33-/m0/s1. The maximum absolute atomic E-state index is 15.7. The van der Waals surface area contributed by atoms with Gasteiger partial charge in [0.1, 0.15) is 12.1 Å². The molecule has 2 aliphatic rings. The first kappa shape index (κ1) is 31.7. The number of pyridine rings is 1. The van der Waals surface area contributed by atoms with E-state index in [1.54, 1.807) is 24.1 Å². The number of carboxylic acid groups (broad SMARTS) is 1. The van der Waals surface area contributed by atoms with Gasteiger partial charge in [0.25, 0.3) is 0 Å². The van der Waals surface area contributed by atoms with Gasteiger partial charge in [-0.1, -0.05) is 18.2 Å². The highest BCUT2D eigenvalue weighted by Crippen LogP contribution is 2.45. The Hall–Kier alpha value is -4.90. The highest BCUT2D eigenvalue weighted by molar-refractivity contribution is 5.92. The zero-order chi connectivity index (χ0) is 33.9. The number of aromatic nitrogens is 5. The summed E-state index contributed by atoms with van der Waals surface area (Å²) >= 11 is 0. The average Bonchev–Trinajstić information content (AvgIpc) is 3.43. The van der Waals surface area contributed by atoms with Crippen LogP contribution < -0.4 is 9.64 Å². The van der Waals surface area contributed by atoms with Gasteiger partial charge < -0.3 is 19.5 Å². The lowest BCUT2D eigenvalue weighted by Gasteiger charge is -2.31. The number of benzene rings is 2. The Bertz CT molecular complexity index is 2090. The summed E-state index contributed by atoms with van der Waals surface area (Å²) < 4.78 is 29.3. The number of carbonyl (C=O) groups is 1. The molecule has 3 aromatic heterocycles. The van der Waals surface area contributed by atoms with E-state index < -0.39 is 23.5 Å². The Morgan fingerprint density at radius 2 is 1.81 bits per heavy atom. The quantitative estimate of drug-likeness (QED) is 0.215. The molecule has 0 saturated carbocycles. The minimum Gasteiger partial charge on any atom is -0.490 e. The highest BCUT2D eigenvalue weighted by atomic mass is 19.1. The van der Waals surface area contributed by atoms with E-state index in [-0.39, 0.29) is 5.75 Å². The van der Waals surface area contributed by atoms with Crippen molar-refractivity contribution in [2.75, 3.05) is 18.1 Å². The van der Waals surface area contributed by atoms with E-state index in [0.29, 0.717) is 42.0 Å². The molecule has 0 bridgehead atoms. The van der Waals surface area contributed by atoms with Gasteiger partial charge in [-0.3, -0.25) is 9.67 Å². The molecule has 7 rings (SSSR count). The maximum atomic E-state index is 15.7. The second kappa shape index (κ2) is 12.0. The molecule has 0 fully saturated rings. The molecule has 0 amide bonds. The summed E-state index contributed by atoms with van der Waals surface area (Å²) in [7, 11) is 1.87. The number of hydrogen-bond acceptors (Lipinski definition) is 8. The molecule has 248 valence electrons. The predicted octanol–water partition coefficient (Wildman–Crippen LogP) is 6.68. The molecule has 0 saturated heterocycles. The molecular formula is C37H39FN6O4. The Kier molecular flexibility index (Phi) is 7.90. The smallest absolute Gasteiger partial charge is 0.337 e. The SMILES string of the molecule is Cc1nc(C)c([C@H](OC(C)(C)C)C(=O)O)c(-c2cc(F)c3c(c2)CCCO3)c1-c1ccc2c(c1)CCN(c1ncnc3c1cnn3C)C2. The van der Waals surface area contributed by atoms with Gasteiger partial charge in [-0.2, -0.15) is 5.10 Å². The summed E-state index contributed by atoms with van der Waals surface area (Å²) in [6, 6.07) is 9.72. The van der Waals surface area contributed by atoms with Crippen LogP contribution in [0.25, 0.3) is 33.3 Å². The first-order chi connectivity index (χ1) is 22.9. The second-order valence-corrected chi connectivity index (χ2v) is 13.7. The number of halogens is 1. The largest absolute Gasteiger partial charge is 0.490 e. The molecule has 0 unspecified atom stereocenters. The Morgan fingerprint density at radius 3 is 2.58 bits per heavy atom. The fourth-order valence-electron chi connectivity index (χ4n) is 7.09. The number of rotatable bonds is 6. The number of nitrogens with zero attached hydrogens (tertiary/aromatic N) is 6. The highest BCUT2D eigenvalue weighted by Gasteiger charge is 2.34. The third kappa shape index (κ3) is 5.66. The van der Waals surface area contributed by atoms with Gasteiger partial charge in [0.15, 0.2) is 23.3 Å². The first-order valence-corrected chi connectivity index (χ1v) is 16.3. The van der Waals surface area contributed by atoms with Gasteiger partial charge in [-0.05, 0) is 99.4 Å². The van der Waals surface area contributed by atoms with Crippen molar-refractivity contribution >= 4 is 22.8 Å². The number of hydrogen-bond donors (Lipinski definition) is 1. The Morgan fingerprint density at radius 1 is 1.02 bits per heavy atom. The lowest BCUT2D eigenvalue weighted by Crippen LogP contribution is -2.31. The zero-order valence-electron chi connectivity index (χ0n) is 28.1. The van der Waals surface area contributed by atoms with Crippen molar-refractivity contribution < 1.29 is 23.8 Å². The van der Waals surface area contributed by atoms with E-state index in [0.717, 1.165) is 64.2 Å². The van der Waals surface area contributed by atoms with Gasteiger partial charge in [-0.15, -0.1) is 0 Å². The predicted molar refractivity (Wildman–Crippen MR) is 181 cm³/mol. The summed E-state index contributed by atoms with van der Waals surface area (Å²) in [5.41, 5.74) is 7.62. The number of aliphatic carboxylic acids is 1. The average molecular weight is 651 g/mol. The van der Waals surface area contributed by atoms with Crippen LogP contribution in [0.1, 0.15) is 66.9 Å². The number of carboxylic acids is 1. The van der Waals surface area contributed by atoms with Crippen molar-refractivity contribution in [1.29, 1.82) is 0 Å². The van der Waals surface area contributed by atoms with Gasteiger partial charge in [0, 0.05) is 42.7 Å². The first-order valence-electron chi connectivity index (χ1n) is 16.3. The van der Waals surface area contributed by atoms with E-state index in [4.69, 9.17) is 14.5 Å². The van der Waals surface area contributed by atoms with Crippen molar-refractivity contribution in [3.63, 3.8) is 0 Å². The lowest BCUT2D eigenvalue weighted by atomic mass is 9.84. The Labute approximate surface area is 278 Å². The Balaban J connectivity index is 1.38. The van der Waals surface area contributed by atoms with Crippen molar-refractivity contribution in [1.82, 2.24) is 24.7 Å². The van der Waals surface area contributed by atoms with Crippen LogP contribution in [-0.2, 0) is 36.0 Å². The lowest BCUT2D eigenvalue weighted by molar-refractivity contribution is -0.160. The second-order valence-electron chi connectivity index (χ2n) is 13.7. The molecule has 5 heterocycles. The van der Waals surface area contributed by atoms with Crippen LogP contribution in [0.4, 0.5) is 10.2 Å². The van der Waals surface area contributed by atoms with E-state index in [9.17, 15) is 9.90 Å². The van der Waals surface area contributed by atoms with Gasteiger partial charge >= 0.3 is 5.97 Å². The van der Waals surface area contributed by atoms with E-state index >= 15 is 4.39 Å². The third-order valence-corrected chi connectivity index (χ3v) is 9.13. The van der Waals surface area contributed by atoms with E-state index in [1.165, 1.54) is 11.6 Å². The van der Waals surface area contributed by atoms with Crippen LogP contribution >= 0.6 is 0 Å². The number of ether oxygens (including phenoxy) is 2. The van der Waals surface area contributed by atoms with Crippen molar-refractivity contribution in [2.45, 2.75) is 72.1 Å². The summed E-state index contributed by atoms with van der Waals surface area (Å²) in [6.07, 6.45) is 4.27. The van der Waals surface area contributed by atoms with Gasteiger partial charge in [-0.25, -0.2) is 19.2 Å². The molecule has 11 heteroatoms. The van der Waals surface area contributed by atoms with E-state index in [1.807, 2.05) is 46.9 Å². The molecular weight excluding hydrogens is 611 g/mol.